The van der Waals surface area contributed by atoms with Gasteiger partial charge < -0.3 is 14.6 Å². The number of aliphatic hydroxyl groups is 1. The van der Waals surface area contributed by atoms with E-state index in [4.69, 9.17) is 9.47 Å². The molecule has 282 valence electrons. The SMILES string of the molecule is CCCCCCCCCCCCCCCCCCCCCOCC(CO)OC(=O)CCCCCCCCCCCCCCCCCC. The topological polar surface area (TPSA) is 55.8 Å². The van der Waals surface area contributed by atoms with E-state index in [-0.39, 0.29) is 12.6 Å². The zero-order chi connectivity index (χ0) is 34.1. The highest BCUT2D eigenvalue weighted by Crippen LogP contribution is 2.16. The molecule has 0 heterocycles. The fourth-order valence-corrected chi connectivity index (χ4v) is 6.68. The van der Waals surface area contributed by atoms with Crippen molar-refractivity contribution in [2.75, 3.05) is 19.8 Å². The standard InChI is InChI=1S/C43H86O4/c1-3-5-7-9-11-13-15-17-19-21-22-23-25-27-29-31-33-35-37-39-46-41-42(40-44)47-43(45)38-36-34-32-30-28-26-24-20-18-16-14-12-10-8-6-4-2/h42,44H,3-41H2,1-2H3. The number of esters is 1. The molecule has 1 N–H and O–H groups in total. The number of carbonyl (C=O) groups excluding carboxylic acids is 1. The van der Waals surface area contributed by atoms with Gasteiger partial charge in [0, 0.05) is 13.0 Å². The average Bonchev–Trinajstić information content (AvgIpc) is 3.08. The van der Waals surface area contributed by atoms with Crippen LogP contribution in [0, 0.1) is 0 Å². The molecular weight excluding hydrogens is 580 g/mol. The van der Waals surface area contributed by atoms with E-state index in [1.54, 1.807) is 0 Å². The minimum atomic E-state index is -0.524. The van der Waals surface area contributed by atoms with Crippen LogP contribution in [0.1, 0.15) is 245 Å². The van der Waals surface area contributed by atoms with Crippen molar-refractivity contribution >= 4 is 5.97 Å². The maximum atomic E-state index is 12.2. The zero-order valence-electron chi connectivity index (χ0n) is 32.3. The number of aliphatic hydroxyl groups excluding tert-OH is 1. The number of hydrogen-bond acceptors (Lipinski definition) is 4. The van der Waals surface area contributed by atoms with E-state index in [9.17, 15) is 9.90 Å². The van der Waals surface area contributed by atoms with Crippen LogP contribution in [0.2, 0.25) is 0 Å². The van der Waals surface area contributed by atoms with Crippen molar-refractivity contribution in [3.05, 3.63) is 0 Å². The largest absolute Gasteiger partial charge is 0.457 e. The number of unbranched alkanes of at least 4 members (excludes halogenated alkanes) is 33. The summed E-state index contributed by atoms with van der Waals surface area (Å²) in [5.41, 5.74) is 0. The van der Waals surface area contributed by atoms with Gasteiger partial charge in [-0.3, -0.25) is 4.79 Å². The van der Waals surface area contributed by atoms with E-state index in [0.717, 1.165) is 19.3 Å². The summed E-state index contributed by atoms with van der Waals surface area (Å²) in [6, 6.07) is 0. The molecule has 0 radical (unpaired) electrons. The van der Waals surface area contributed by atoms with Gasteiger partial charge >= 0.3 is 5.97 Å². The maximum absolute atomic E-state index is 12.2. The van der Waals surface area contributed by atoms with Crippen LogP contribution in [0.15, 0.2) is 0 Å². The second-order valence-corrected chi connectivity index (χ2v) is 14.8. The molecule has 1 unspecified atom stereocenters. The number of hydrogen-bond donors (Lipinski definition) is 1. The van der Waals surface area contributed by atoms with E-state index in [1.807, 2.05) is 0 Å². The second-order valence-electron chi connectivity index (χ2n) is 14.8. The van der Waals surface area contributed by atoms with Gasteiger partial charge in [-0.25, -0.2) is 0 Å². The lowest BCUT2D eigenvalue weighted by molar-refractivity contribution is -0.154. The highest BCUT2D eigenvalue weighted by Gasteiger charge is 2.13. The van der Waals surface area contributed by atoms with E-state index in [2.05, 4.69) is 13.8 Å². The zero-order valence-corrected chi connectivity index (χ0v) is 32.3. The van der Waals surface area contributed by atoms with E-state index < -0.39 is 6.10 Å². The molecule has 0 aliphatic carbocycles. The first kappa shape index (κ1) is 46.4. The van der Waals surface area contributed by atoms with Crippen LogP contribution >= 0.6 is 0 Å². The van der Waals surface area contributed by atoms with Crippen LogP contribution in [0.25, 0.3) is 0 Å². The normalized spacial score (nSPS) is 12.1. The van der Waals surface area contributed by atoms with Gasteiger partial charge in [-0.15, -0.1) is 0 Å². The molecule has 0 saturated heterocycles. The molecule has 0 spiro atoms. The summed E-state index contributed by atoms with van der Waals surface area (Å²) in [7, 11) is 0. The Morgan fingerprint density at radius 3 is 1.00 bits per heavy atom. The van der Waals surface area contributed by atoms with Gasteiger partial charge in [0.1, 0.15) is 6.10 Å². The fraction of sp³-hybridized carbons (Fsp3) is 0.977. The first-order chi connectivity index (χ1) is 23.2. The molecule has 0 aromatic rings. The van der Waals surface area contributed by atoms with Crippen molar-refractivity contribution in [2.45, 2.75) is 251 Å². The molecule has 0 aliphatic heterocycles. The maximum Gasteiger partial charge on any atom is 0.306 e. The van der Waals surface area contributed by atoms with Crippen LogP contribution < -0.4 is 0 Å². The van der Waals surface area contributed by atoms with E-state index in [1.165, 1.54) is 205 Å². The van der Waals surface area contributed by atoms with Crippen LogP contribution in [-0.4, -0.2) is 37.0 Å². The highest BCUT2D eigenvalue weighted by molar-refractivity contribution is 5.69. The van der Waals surface area contributed by atoms with Gasteiger partial charge in [-0.1, -0.05) is 226 Å². The molecule has 1 atom stereocenters. The Morgan fingerprint density at radius 2 is 0.702 bits per heavy atom. The Kier molecular flexibility index (Phi) is 41.0. The monoisotopic (exact) mass is 667 g/mol. The van der Waals surface area contributed by atoms with Crippen LogP contribution in [0.3, 0.4) is 0 Å². The molecule has 0 aliphatic rings. The quantitative estimate of drug-likeness (QED) is 0.0521. The smallest absolute Gasteiger partial charge is 0.306 e. The van der Waals surface area contributed by atoms with Crippen molar-refractivity contribution in [1.82, 2.24) is 0 Å². The van der Waals surface area contributed by atoms with Gasteiger partial charge in [0.05, 0.1) is 13.2 Å². The third-order valence-corrected chi connectivity index (χ3v) is 9.93. The van der Waals surface area contributed by atoms with E-state index >= 15 is 0 Å². The third-order valence-electron chi connectivity index (χ3n) is 9.93. The van der Waals surface area contributed by atoms with Crippen LogP contribution in [0.5, 0.6) is 0 Å². The van der Waals surface area contributed by atoms with Crippen molar-refractivity contribution in [3.63, 3.8) is 0 Å². The van der Waals surface area contributed by atoms with Crippen molar-refractivity contribution in [2.24, 2.45) is 0 Å². The van der Waals surface area contributed by atoms with Crippen molar-refractivity contribution in [3.8, 4) is 0 Å². The molecule has 0 rings (SSSR count). The average molecular weight is 667 g/mol. The summed E-state index contributed by atoms with van der Waals surface area (Å²) in [6.45, 7) is 5.40. The van der Waals surface area contributed by atoms with Gasteiger partial charge in [-0.05, 0) is 12.8 Å². The minimum Gasteiger partial charge on any atom is -0.457 e. The molecule has 0 aromatic carbocycles. The van der Waals surface area contributed by atoms with Gasteiger partial charge in [0.25, 0.3) is 0 Å². The predicted molar refractivity (Wildman–Crippen MR) is 205 cm³/mol. The Morgan fingerprint density at radius 1 is 0.426 bits per heavy atom. The fourth-order valence-electron chi connectivity index (χ4n) is 6.68. The van der Waals surface area contributed by atoms with E-state index in [0.29, 0.717) is 19.6 Å². The first-order valence-corrected chi connectivity index (χ1v) is 21.6. The summed E-state index contributed by atoms with van der Waals surface area (Å²) in [6.07, 6.45) is 47.3. The molecule has 4 nitrogen and oxygen atoms in total. The molecule has 0 fully saturated rings. The third kappa shape index (κ3) is 39.7. The molecule has 0 amide bonds. The molecular formula is C43H86O4. The summed E-state index contributed by atoms with van der Waals surface area (Å²) in [5.74, 6) is -0.193. The molecule has 4 heteroatoms. The lowest BCUT2D eigenvalue weighted by Crippen LogP contribution is -2.27. The van der Waals surface area contributed by atoms with Crippen LogP contribution in [-0.2, 0) is 14.3 Å². The Bertz CT molecular complexity index is 580. The van der Waals surface area contributed by atoms with Gasteiger partial charge in [0.2, 0.25) is 0 Å². The number of ether oxygens (including phenoxy) is 2. The van der Waals surface area contributed by atoms with Gasteiger partial charge in [0.15, 0.2) is 0 Å². The van der Waals surface area contributed by atoms with Crippen molar-refractivity contribution in [1.29, 1.82) is 0 Å². The molecule has 0 aromatic heterocycles. The first-order valence-electron chi connectivity index (χ1n) is 21.6. The van der Waals surface area contributed by atoms with Crippen molar-refractivity contribution < 1.29 is 19.4 Å². The highest BCUT2D eigenvalue weighted by atomic mass is 16.6. The lowest BCUT2D eigenvalue weighted by atomic mass is 10.0. The molecule has 47 heavy (non-hydrogen) atoms. The summed E-state index contributed by atoms with van der Waals surface area (Å²) in [5, 5.41) is 9.60. The Balaban J connectivity index is 3.35. The number of rotatable bonds is 41. The minimum absolute atomic E-state index is 0.163. The summed E-state index contributed by atoms with van der Waals surface area (Å²) in [4.78, 5) is 12.2. The van der Waals surface area contributed by atoms with Gasteiger partial charge in [-0.2, -0.15) is 0 Å². The number of carbonyl (C=O) groups is 1. The van der Waals surface area contributed by atoms with Crippen LogP contribution in [0.4, 0.5) is 0 Å². The summed E-state index contributed by atoms with van der Waals surface area (Å²) < 4.78 is 11.2. The second kappa shape index (κ2) is 41.6. The summed E-state index contributed by atoms with van der Waals surface area (Å²) >= 11 is 0. The predicted octanol–water partition coefficient (Wildman–Crippen LogP) is 14.0. The lowest BCUT2D eigenvalue weighted by Gasteiger charge is -2.16. The Labute approximate surface area is 295 Å². The Hall–Kier alpha value is -0.610. The molecule has 0 saturated carbocycles. The molecule has 0 bridgehead atoms.